The molecular weight excluding hydrogens is 406 g/mol. The van der Waals surface area contributed by atoms with Crippen molar-refractivity contribution >= 4 is 44.3 Å². The number of ether oxygens (including phenoxy) is 1. The number of imidazole rings is 1. The molecule has 0 fully saturated rings. The van der Waals surface area contributed by atoms with Crippen molar-refractivity contribution in [2.45, 2.75) is 4.90 Å². The number of sulfonamides is 1. The lowest BCUT2D eigenvalue weighted by Crippen LogP contribution is -2.36. The van der Waals surface area contributed by atoms with E-state index < -0.39 is 22.5 Å². The molecule has 1 heterocycles. The number of nitrogens with zero attached hydrogens (tertiary/aromatic N) is 3. The van der Waals surface area contributed by atoms with Gasteiger partial charge in [0.25, 0.3) is 10.0 Å². The highest BCUT2D eigenvalue weighted by Crippen LogP contribution is 2.31. The summed E-state index contributed by atoms with van der Waals surface area (Å²) < 4.78 is 35.0. The normalized spacial score (nSPS) is 11.6. The average Bonchev–Trinajstić information content (AvgIpc) is 2.90. The number of aromatic nitrogens is 2. The van der Waals surface area contributed by atoms with Crippen LogP contribution in [0.5, 0.6) is 0 Å². The van der Waals surface area contributed by atoms with Crippen molar-refractivity contribution in [3.8, 4) is 0 Å². The molecule has 0 saturated carbocycles. The highest BCUT2D eigenvalue weighted by Gasteiger charge is 2.29. The molecule has 0 unspecified atom stereocenters. The molecule has 1 aromatic heterocycles. The van der Waals surface area contributed by atoms with Crippen molar-refractivity contribution in [1.29, 1.82) is 0 Å². The summed E-state index contributed by atoms with van der Waals surface area (Å²) in [5.74, 6) is -0.739. The molecule has 0 N–H and O–H groups in total. The Labute approximate surface area is 166 Å². The van der Waals surface area contributed by atoms with E-state index in [4.69, 9.17) is 11.6 Å². The minimum atomic E-state index is -4.17. The highest BCUT2D eigenvalue weighted by molar-refractivity contribution is 7.92. The van der Waals surface area contributed by atoms with E-state index in [0.29, 0.717) is 11.0 Å². The maximum atomic E-state index is 13.3. The van der Waals surface area contributed by atoms with E-state index in [2.05, 4.69) is 4.74 Å². The Morgan fingerprint density at radius 3 is 2.39 bits per heavy atom. The van der Waals surface area contributed by atoms with E-state index in [9.17, 15) is 18.0 Å². The van der Waals surface area contributed by atoms with E-state index in [1.165, 1.54) is 40.5 Å². The van der Waals surface area contributed by atoms with Crippen LogP contribution in [-0.2, 0) is 33.7 Å². The molecule has 0 aliphatic carbocycles. The first-order valence-electron chi connectivity index (χ1n) is 8.18. The molecule has 2 aromatic carbocycles. The fraction of sp³-hybridized carbons (Fsp3) is 0.222. The Balaban J connectivity index is 2.20. The molecule has 0 bridgehead atoms. The molecule has 0 spiro atoms. The van der Waals surface area contributed by atoms with Crippen LogP contribution in [0.4, 0.5) is 5.69 Å². The SMILES string of the molecule is COC(=O)CN(c1ccccc1Cl)S(=O)(=O)c1ccc2c(c1)n(C)c(=O)n2C. The van der Waals surface area contributed by atoms with Crippen molar-refractivity contribution in [3.63, 3.8) is 0 Å². The molecule has 3 rings (SSSR count). The number of halogens is 1. The van der Waals surface area contributed by atoms with Crippen molar-refractivity contribution in [3.05, 3.63) is 58.0 Å². The maximum Gasteiger partial charge on any atom is 0.328 e. The van der Waals surface area contributed by atoms with Crippen LogP contribution in [-0.4, -0.2) is 37.2 Å². The Morgan fingerprint density at radius 2 is 1.75 bits per heavy atom. The van der Waals surface area contributed by atoms with E-state index in [0.717, 1.165) is 4.31 Å². The highest BCUT2D eigenvalue weighted by atomic mass is 35.5. The van der Waals surface area contributed by atoms with E-state index in [1.807, 2.05) is 0 Å². The standard InChI is InChI=1S/C18H18ClN3O5S/c1-20-15-9-8-12(10-16(15)21(2)18(20)24)28(25,26)22(11-17(23)27-3)14-7-5-4-6-13(14)19/h4-10H,11H2,1-3H3. The molecule has 0 saturated heterocycles. The number of esters is 1. The van der Waals surface area contributed by atoms with Gasteiger partial charge in [0.1, 0.15) is 6.54 Å². The molecule has 3 aromatic rings. The Bertz CT molecular complexity index is 1230. The first kappa shape index (κ1) is 20.0. The van der Waals surface area contributed by atoms with Crippen LogP contribution in [0.15, 0.2) is 52.2 Å². The first-order chi connectivity index (χ1) is 13.2. The van der Waals surface area contributed by atoms with Crippen LogP contribution in [0.3, 0.4) is 0 Å². The van der Waals surface area contributed by atoms with Crippen molar-refractivity contribution in [2.24, 2.45) is 14.1 Å². The number of para-hydroxylation sites is 1. The molecule has 0 amide bonds. The topological polar surface area (TPSA) is 90.6 Å². The number of anilines is 1. The number of aryl methyl sites for hydroxylation is 2. The van der Waals surface area contributed by atoms with Gasteiger partial charge in [-0.15, -0.1) is 0 Å². The summed E-state index contributed by atoms with van der Waals surface area (Å²) in [7, 11) is 0.162. The molecule has 10 heteroatoms. The molecule has 0 aliphatic rings. The number of hydrogen-bond donors (Lipinski definition) is 0. The maximum absolute atomic E-state index is 13.3. The second-order valence-corrected chi connectivity index (χ2v) is 8.36. The van der Waals surface area contributed by atoms with Gasteiger partial charge in [0, 0.05) is 14.1 Å². The number of hydrogen-bond acceptors (Lipinski definition) is 5. The zero-order chi connectivity index (χ0) is 20.6. The quantitative estimate of drug-likeness (QED) is 0.584. The molecule has 148 valence electrons. The number of rotatable bonds is 5. The van der Waals surface area contributed by atoms with Crippen molar-refractivity contribution in [1.82, 2.24) is 9.13 Å². The molecular formula is C18H18ClN3O5S. The Kier molecular flexibility index (Phi) is 5.22. The third kappa shape index (κ3) is 3.27. The zero-order valence-corrected chi connectivity index (χ0v) is 17.0. The lowest BCUT2D eigenvalue weighted by atomic mass is 10.3. The summed E-state index contributed by atoms with van der Waals surface area (Å²) >= 11 is 6.18. The predicted molar refractivity (Wildman–Crippen MR) is 106 cm³/mol. The summed E-state index contributed by atoms with van der Waals surface area (Å²) in [5.41, 5.74) is 0.910. The summed E-state index contributed by atoms with van der Waals surface area (Å²) in [6.07, 6.45) is 0. The van der Waals surface area contributed by atoms with Crippen LogP contribution >= 0.6 is 11.6 Å². The van der Waals surface area contributed by atoms with Gasteiger partial charge in [0.15, 0.2) is 0 Å². The molecule has 0 atom stereocenters. The van der Waals surface area contributed by atoms with Gasteiger partial charge in [-0.2, -0.15) is 0 Å². The Hall–Kier alpha value is -2.78. The number of carbonyl (C=O) groups excluding carboxylic acids is 1. The minimum Gasteiger partial charge on any atom is -0.468 e. The van der Waals surface area contributed by atoms with Crippen molar-refractivity contribution < 1.29 is 17.9 Å². The van der Waals surface area contributed by atoms with Gasteiger partial charge in [-0.3, -0.25) is 18.2 Å². The van der Waals surface area contributed by atoms with Gasteiger partial charge in [0.2, 0.25) is 0 Å². The number of methoxy groups -OCH3 is 1. The van der Waals surface area contributed by atoms with E-state index in [1.54, 1.807) is 32.3 Å². The third-order valence-corrected chi connectivity index (χ3v) is 6.53. The molecule has 8 nitrogen and oxygen atoms in total. The van der Waals surface area contributed by atoms with Gasteiger partial charge in [-0.05, 0) is 30.3 Å². The summed E-state index contributed by atoms with van der Waals surface area (Å²) in [5, 5.41) is 0.170. The fourth-order valence-corrected chi connectivity index (χ4v) is 4.65. The fourth-order valence-electron chi connectivity index (χ4n) is 2.91. The summed E-state index contributed by atoms with van der Waals surface area (Å²) in [4.78, 5) is 23.9. The van der Waals surface area contributed by atoms with E-state index >= 15 is 0 Å². The van der Waals surface area contributed by atoms with E-state index in [-0.39, 0.29) is 21.3 Å². The smallest absolute Gasteiger partial charge is 0.328 e. The number of fused-ring (bicyclic) bond motifs is 1. The monoisotopic (exact) mass is 423 g/mol. The lowest BCUT2D eigenvalue weighted by molar-refractivity contribution is -0.138. The zero-order valence-electron chi connectivity index (χ0n) is 15.4. The largest absolute Gasteiger partial charge is 0.468 e. The van der Waals surface area contributed by atoms with Crippen LogP contribution < -0.4 is 9.99 Å². The molecule has 28 heavy (non-hydrogen) atoms. The lowest BCUT2D eigenvalue weighted by Gasteiger charge is -2.24. The Morgan fingerprint density at radius 1 is 1.11 bits per heavy atom. The second-order valence-electron chi connectivity index (χ2n) is 6.09. The number of benzene rings is 2. The second kappa shape index (κ2) is 7.33. The third-order valence-electron chi connectivity index (χ3n) is 4.45. The first-order valence-corrected chi connectivity index (χ1v) is 10.00. The molecule has 0 aliphatic heterocycles. The van der Waals surface area contributed by atoms with Gasteiger partial charge in [-0.25, -0.2) is 13.2 Å². The minimum absolute atomic E-state index is 0.0787. The van der Waals surface area contributed by atoms with Crippen LogP contribution in [0.2, 0.25) is 5.02 Å². The molecule has 0 radical (unpaired) electrons. The van der Waals surface area contributed by atoms with Gasteiger partial charge in [-0.1, -0.05) is 23.7 Å². The van der Waals surface area contributed by atoms with Crippen LogP contribution in [0.1, 0.15) is 0 Å². The van der Waals surface area contributed by atoms with Gasteiger partial charge < -0.3 is 4.74 Å². The van der Waals surface area contributed by atoms with Gasteiger partial charge >= 0.3 is 11.7 Å². The van der Waals surface area contributed by atoms with Gasteiger partial charge in [0.05, 0.1) is 33.7 Å². The summed E-state index contributed by atoms with van der Waals surface area (Å²) in [6, 6.07) is 10.6. The van der Waals surface area contributed by atoms with Crippen molar-refractivity contribution in [2.75, 3.05) is 18.0 Å². The predicted octanol–water partition coefficient (Wildman–Crippen LogP) is 1.90. The van der Waals surface area contributed by atoms with Crippen LogP contribution in [0, 0.1) is 0 Å². The van der Waals surface area contributed by atoms with Crippen LogP contribution in [0.25, 0.3) is 11.0 Å². The number of carbonyl (C=O) groups is 1. The average molecular weight is 424 g/mol. The summed E-state index contributed by atoms with van der Waals surface area (Å²) in [6.45, 7) is -0.547.